The summed E-state index contributed by atoms with van der Waals surface area (Å²) in [6, 6.07) is 12.1. The Kier molecular flexibility index (Phi) is 4.74. The third-order valence-electron chi connectivity index (χ3n) is 4.92. The van der Waals surface area contributed by atoms with Crippen molar-refractivity contribution in [2.45, 2.75) is 38.1 Å². The Labute approximate surface area is 151 Å². The number of nitrogens with zero attached hydrogens (tertiary/aromatic N) is 2. The summed E-state index contributed by atoms with van der Waals surface area (Å²) >= 11 is 1.74. The summed E-state index contributed by atoms with van der Waals surface area (Å²) in [5.74, 6) is 0.402. The van der Waals surface area contributed by atoms with Crippen molar-refractivity contribution in [3.8, 4) is 0 Å². The molecule has 1 aliphatic rings. The van der Waals surface area contributed by atoms with Crippen LogP contribution in [0.3, 0.4) is 0 Å². The van der Waals surface area contributed by atoms with Gasteiger partial charge in [-0.1, -0.05) is 31.0 Å². The monoisotopic (exact) mass is 351 g/mol. The summed E-state index contributed by atoms with van der Waals surface area (Å²) in [5.41, 5.74) is 2.07. The molecule has 0 bridgehead atoms. The van der Waals surface area contributed by atoms with Gasteiger partial charge in [-0.3, -0.25) is 9.78 Å². The van der Waals surface area contributed by atoms with E-state index in [4.69, 9.17) is 4.98 Å². The van der Waals surface area contributed by atoms with E-state index in [0.29, 0.717) is 6.54 Å². The highest BCUT2D eigenvalue weighted by Crippen LogP contribution is 2.40. The standard InChI is InChI=1S/C20H21N3OS/c24-19(22-13-14-6-5-11-21-12-14)15-7-1-2-8-16(15)20-23-17-9-3-4-10-18(17)25-20/h3-6,9-12,15-16H,1-2,7-8,13H2,(H,22,24)/t15-,16+/m1/s1. The Bertz CT molecular complexity index is 829. The normalized spacial score (nSPS) is 20.5. The van der Waals surface area contributed by atoms with Crippen LogP contribution in [0.15, 0.2) is 48.8 Å². The number of benzene rings is 1. The number of carbonyl (C=O) groups is 1. The SMILES string of the molecule is O=C(NCc1cccnc1)[C@@H]1CCCC[C@@H]1c1nc2ccccc2s1. The van der Waals surface area contributed by atoms with Crippen molar-refractivity contribution in [1.82, 2.24) is 15.3 Å². The first-order valence-electron chi connectivity index (χ1n) is 8.83. The zero-order valence-corrected chi connectivity index (χ0v) is 14.8. The fourth-order valence-corrected chi connectivity index (χ4v) is 4.78. The predicted octanol–water partition coefficient (Wildman–Crippen LogP) is 4.28. The Hall–Kier alpha value is -2.27. The molecule has 1 fully saturated rings. The average Bonchev–Trinajstić information content (AvgIpc) is 3.11. The van der Waals surface area contributed by atoms with Crippen molar-refractivity contribution >= 4 is 27.5 Å². The fraction of sp³-hybridized carbons (Fsp3) is 0.350. The molecule has 2 aromatic heterocycles. The van der Waals surface area contributed by atoms with Crippen LogP contribution in [0.5, 0.6) is 0 Å². The molecular formula is C20H21N3OS. The van der Waals surface area contributed by atoms with Gasteiger partial charge in [-0.05, 0) is 36.6 Å². The van der Waals surface area contributed by atoms with Crippen LogP contribution in [-0.4, -0.2) is 15.9 Å². The van der Waals surface area contributed by atoms with Crippen molar-refractivity contribution in [2.24, 2.45) is 5.92 Å². The lowest BCUT2D eigenvalue weighted by Gasteiger charge is -2.29. The second-order valence-electron chi connectivity index (χ2n) is 6.60. The van der Waals surface area contributed by atoms with Gasteiger partial charge in [0.15, 0.2) is 0 Å². The molecule has 0 radical (unpaired) electrons. The van der Waals surface area contributed by atoms with E-state index in [2.05, 4.69) is 22.4 Å². The van der Waals surface area contributed by atoms with E-state index in [-0.39, 0.29) is 17.7 Å². The van der Waals surface area contributed by atoms with E-state index in [1.54, 1.807) is 23.7 Å². The lowest BCUT2D eigenvalue weighted by molar-refractivity contribution is -0.126. The van der Waals surface area contributed by atoms with E-state index < -0.39 is 0 Å². The van der Waals surface area contributed by atoms with Gasteiger partial charge in [-0.25, -0.2) is 4.98 Å². The summed E-state index contributed by atoms with van der Waals surface area (Å²) in [7, 11) is 0. The number of rotatable bonds is 4. The number of fused-ring (bicyclic) bond motifs is 1. The van der Waals surface area contributed by atoms with Gasteiger partial charge < -0.3 is 5.32 Å². The lowest BCUT2D eigenvalue weighted by atomic mass is 9.79. The summed E-state index contributed by atoms with van der Waals surface area (Å²) in [5, 5.41) is 4.21. The second kappa shape index (κ2) is 7.31. The summed E-state index contributed by atoms with van der Waals surface area (Å²) in [6.07, 6.45) is 7.82. The largest absolute Gasteiger partial charge is 0.352 e. The maximum atomic E-state index is 12.8. The molecule has 1 N–H and O–H groups in total. The van der Waals surface area contributed by atoms with Gasteiger partial charge >= 0.3 is 0 Å². The Morgan fingerprint density at radius 3 is 2.88 bits per heavy atom. The number of para-hydroxylation sites is 1. The van der Waals surface area contributed by atoms with Crippen molar-refractivity contribution in [2.75, 3.05) is 0 Å². The summed E-state index contributed by atoms with van der Waals surface area (Å²) in [6.45, 7) is 0.537. The number of pyridine rings is 1. The van der Waals surface area contributed by atoms with Gasteiger partial charge in [0.1, 0.15) is 0 Å². The maximum absolute atomic E-state index is 12.8. The van der Waals surface area contributed by atoms with Gasteiger partial charge in [-0.15, -0.1) is 11.3 Å². The molecule has 2 heterocycles. The van der Waals surface area contributed by atoms with Crippen LogP contribution in [0.2, 0.25) is 0 Å². The predicted molar refractivity (Wildman–Crippen MR) is 100 cm³/mol. The highest BCUT2D eigenvalue weighted by atomic mass is 32.1. The minimum atomic E-state index is 0.0194. The van der Waals surface area contributed by atoms with Crippen LogP contribution in [0.4, 0.5) is 0 Å². The Morgan fingerprint density at radius 1 is 1.16 bits per heavy atom. The molecule has 1 aliphatic carbocycles. The van der Waals surface area contributed by atoms with E-state index in [1.165, 1.54) is 11.1 Å². The van der Waals surface area contributed by atoms with E-state index >= 15 is 0 Å². The molecule has 4 nitrogen and oxygen atoms in total. The molecule has 3 aromatic rings. The third kappa shape index (κ3) is 3.56. The topological polar surface area (TPSA) is 54.9 Å². The molecule has 1 amide bonds. The van der Waals surface area contributed by atoms with Crippen molar-refractivity contribution in [3.05, 3.63) is 59.4 Å². The first-order chi connectivity index (χ1) is 12.3. The van der Waals surface area contributed by atoms with Crippen LogP contribution in [0, 0.1) is 5.92 Å². The lowest BCUT2D eigenvalue weighted by Crippen LogP contribution is -2.35. The zero-order chi connectivity index (χ0) is 17.1. The zero-order valence-electron chi connectivity index (χ0n) is 14.0. The first kappa shape index (κ1) is 16.2. The molecule has 4 rings (SSSR count). The minimum Gasteiger partial charge on any atom is -0.352 e. The first-order valence-corrected chi connectivity index (χ1v) is 9.65. The molecule has 5 heteroatoms. The molecular weight excluding hydrogens is 330 g/mol. The molecule has 0 saturated heterocycles. The summed E-state index contributed by atoms with van der Waals surface area (Å²) < 4.78 is 1.21. The second-order valence-corrected chi connectivity index (χ2v) is 7.66. The highest BCUT2D eigenvalue weighted by molar-refractivity contribution is 7.18. The van der Waals surface area contributed by atoms with Crippen molar-refractivity contribution in [3.63, 3.8) is 0 Å². The summed E-state index contributed by atoms with van der Waals surface area (Å²) in [4.78, 5) is 21.7. The molecule has 0 unspecified atom stereocenters. The number of hydrogen-bond donors (Lipinski definition) is 1. The number of nitrogens with one attached hydrogen (secondary N) is 1. The fourth-order valence-electron chi connectivity index (χ4n) is 3.61. The van der Waals surface area contributed by atoms with E-state index in [9.17, 15) is 4.79 Å². The van der Waals surface area contributed by atoms with Crippen LogP contribution >= 0.6 is 11.3 Å². The number of carbonyl (C=O) groups excluding carboxylic acids is 1. The molecule has 2 atom stereocenters. The van der Waals surface area contributed by atoms with Crippen LogP contribution in [0.1, 0.15) is 42.2 Å². The molecule has 128 valence electrons. The minimum absolute atomic E-state index is 0.0194. The van der Waals surface area contributed by atoms with E-state index in [1.807, 2.05) is 24.3 Å². The van der Waals surface area contributed by atoms with Crippen LogP contribution < -0.4 is 5.32 Å². The quantitative estimate of drug-likeness (QED) is 0.763. The van der Waals surface area contributed by atoms with Gasteiger partial charge in [0.25, 0.3) is 0 Å². The van der Waals surface area contributed by atoms with Crippen LogP contribution in [0.25, 0.3) is 10.2 Å². The molecule has 0 spiro atoms. The third-order valence-corrected chi connectivity index (χ3v) is 6.09. The highest BCUT2D eigenvalue weighted by Gasteiger charge is 2.33. The average molecular weight is 351 g/mol. The van der Waals surface area contributed by atoms with Crippen LogP contribution in [-0.2, 0) is 11.3 Å². The smallest absolute Gasteiger partial charge is 0.224 e. The van der Waals surface area contributed by atoms with Crippen molar-refractivity contribution < 1.29 is 4.79 Å². The molecule has 25 heavy (non-hydrogen) atoms. The van der Waals surface area contributed by atoms with Gasteiger partial charge in [-0.2, -0.15) is 0 Å². The Balaban J connectivity index is 1.51. The number of thiazole rings is 1. The number of aromatic nitrogens is 2. The number of hydrogen-bond acceptors (Lipinski definition) is 4. The van der Waals surface area contributed by atoms with Gasteiger partial charge in [0.2, 0.25) is 5.91 Å². The van der Waals surface area contributed by atoms with Crippen molar-refractivity contribution in [1.29, 1.82) is 0 Å². The van der Waals surface area contributed by atoms with Gasteiger partial charge in [0, 0.05) is 30.8 Å². The molecule has 0 aliphatic heterocycles. The molecule has 1 saturated carbocycles. The van der Waals surface area contributed by atoms with E-state index in [0.717, 1.165) is 35.4 Å². The van der Waals surface area contributed by atoms with Gasteiger partial charge in [0.05, 0.1) is 15.2 Å². The number of amides is 1. The Morgan fingerprint density at radius 2 is 2.04 bits per heavy atom. The molecule has 1 aromatic carbocycles. The maximum Gasteiger partial charge on any atom is 0.224 e.